The second kappa shape index (κ2) is 7.97. The van der Waals surface area contributed by atoms with Crippen LogP contribution in [0.25, 0.3) is 0 Å². The molecule has 1 atom stereocenters. The molecule has 0 heterocycles. The number of aryl methyl sites for hydroxylation is 1. The minimum Gasteiger partial charge on any atom is -0.388 e. The SMILES string of the molecule is Cc1ccccc1CCNC(=O)CC(O)c1ccc(Cl)cc1. The predicted molar refractivity (Wildman–Crippen MR) is 88.9 cm³/mol. The first kappa shape index (κ1) is 16.5. The van der Waals surface area contributed by atoms with Crippen LogP contribution in [0, 0.1) is 6.92 Å². The highest BCUT2D eigenvalue weighted by Gasteiger charge is 2.12. The van der Waals surface area contributed by atoms with Gasteiger partial charge in [0.2, 0.25) is 5.91 Å². The molecule has 3 nitrogen and oxygen atoms in total. The average molecular weight is 318 g/mol. The largest absolute Gasteiger partial charge is 0.388 e. The first-order valence-corrected chi connectivity index (χ1v) is 7.69. The smallest absolute Gasteiger partial charge is 0.222 e. The summed E-state index contributed by atoms with van der Waals surface area (Å²) >= 11 is 5.80. The lowest BCUT2D eigenvalue weighted by molar-refractivity contribution is -0.123. The molecule has 0 aliphatic carbocycles. The van der Waals surface area contributed by atoms with Crippen LogP contribution in [-0.4, -0.2) is 17.6 Å². The number of hydrogen-bond donors (Lipinski definition) is 2. The molecule has 2 N–H and O–H groups in total. The molecular weight excluding hydrogens is 298 g/mol. The fraction of sp³-hybridized carbons (Fsp3) is 0.278. The fourth-order valence-corrected chi connectivity index (χ4v) is 2.40. The van der Waals surface area contributed by atoms with E-state index in [0.29, 0.717) is 17.1 Å². The monoisotopic (exact) mass is 317 g/mol. The van der Waals surface area contributed by atoms with Gasteiger partial charge in [-0.15, -0.1) is 0 Å². The summed E-state index contributed by atoms with van der Waals surface area (Å²) < 4.78 is 0. The Morgan fingerprint density at radius 3 is 2.55 bits per heavy atom. The predicted octanol–water partition coefficient (Wildman–Crippen LogP) is 3.43. The molecule has 0 saturated heterocycles. The number of rotatable bonds is 6. The van der Waals surface area contributed by atoms with Gasteiger partial charge in [-0.25, -0.2) is 0 Å². The zero-order chi connectivity index (χ0) is 15.9. The normalized spacial score (nSPS) is 12.0. The molecule has 0 fully saturated rings. The van der Waals surface area contributed by atoms with Gasteiger partial charge in [-0.05, 0) is 42.2 Å². The Balaban J connectivity index is 1.78. The number of nitrogens with one attached hydrogen (secondary N) is 1. The molecule has 0 aromatic heterocycles. The number of aliphatic hydroxyl groups is 1. The number of benzene rings is 2. The Hall–Kier alpha value is -1.84. The highest BCUT2D eigenvalue weighted by molar-refractivity contribution is 6.30. The second-order valence-corrected chi connectivity index (χ2v) is 5.73. The van der Waals surface area contributed by atoms with E-state index in [1.165, 1.54) is 11.1 Å². The molecule has 0 saturated carbocycles. The van der Waals surface area contributed by atoms with Crippen LogP contribution in [0.2, 0.25) is 5.02 Å². The van der Waals surface area contributed by atoms with Gasteiger partial charge in [0.25, 0.3) is 0 Å². The maximum absolute atomic E-state index is 11.9. The molecule has 2 aromatic rings. The van der Waals surface area contributed by atoms with Crippen molar-refractivity contribution in [1.29, 1.82) is 0 Å². The van der Waals surface area contributed by atoms with Crippen molar-refractivity contribution < 1.29 is 9.90 Å². The quantitative estimate of drug-likeness (QED) is 0.857. The molecule has 2 rings (SSSR count). The van der Waals surface area contributed by atoms with Crippen LogP contribution in [0.5, 0.6) is 0 Å². The third-order valence-electron chi connectivity index (χ3n) is 3.61. The van der Waals surface area contributed by atoms with E-state index in [1.54, 1.807) is 24.3 Å². The van der Waals surface area contributed by atoms with Crippen molar-refractivity contribution in [3.8, 4) is 0 Å². The molecule has 22 heavy (non-hydrogen) atoms. The Morgan fingerprint density at radius 1 is 1.18 bits per heavy atom. The molecule has 1 unspecified atom stereocenters. The van der Waals surface area contributed by atoms with Crippen molar-refractivity contribution in [2.45, 2.75) is 25.9 Å². The zero-order valence-electron chi connectivity index (χ0n) is 12.6. The highest BCUT2D eigenvalue weighted by atomic mass is 35.5. The van der Waals surface area contributed by atoms with Gasteiger partial charge in [0, 0.05) is 11.6 Å². The lowest BCUT2D eigenvalue weighted by atomic mass is 10.1. The van der Waals surface area contributed by atoms with Gasteiger partial charge in [0.15, 0.2) is 0 Å². The lowest BCUT2D eigenvalue weighted by Crippen LogP contribution is -2.27. The number of carbonyl (C=O) groups excluding carboxylic acids is 1. The summed E-state index contributed by atoms with van der Waals surface area (Å²) in [5.41, 5.74) is 3.14. The van der Waals surface area contributed by atoms with E-state index in [9.17, 15) is 9.90 Å². The van der Waals surface area contributed by atoms with Crippen molar-refractivity contribution in [3.63, 3.8) is 0 Å². The number of halogens is 1. The fourth-order valence-electron chi connectivity index (χ4n) is 2.28. The molecule has 0 spiro atoms. The van der Waals surface area contributed by atoms with Crippen LogP contribution in [0.3, 0.4) is 0 Å². The number of amides is 1. The van der Waals surface area contributed by atoms with Gasteiger partial charge in [0.05, 0.1) is 12.5 Å². The maximum atomic E-state index is 11.9. The Morgan fingerprint density at radius 2 is 1.86 bits per heavy atom. The number of carbonyl (C=O) groups is 1. The topological polar surface area (TPSA) is 49.3 Å². The van der Waals surface area contributed by atoms with Crippen molar-refractivity contribution >= 4 is 17.5 Å². The van der Waals surface area contributed by atoms with Crippen LogP contribution in [0.1, 0.15) is 29.2 Å². The number of aliphatic hydroxyl groups excluding tert-OH is 1. The van der Waals surface area contributed by atoms with Crippen molar-refractivity contribution in [3.05, 3.63) is 70.2 Å². The van der Waals surface area contributed by atoms with Crippen molar-refractivity contribution in [1.82, 2.24) is 5.32 Å². The van der Waals surface area contributed by atoms with Gasteiger partial charge in [0.1, 0.15) is 0 Å². The Kier molecular flexibility index (Phi) is 5.99. The standard InChI is InChI=1S/C18H20ClNO2/c1-13-4-2-3-5-14(13)10-11-20-18(22)12-17(21)15-6-8-16(19)9-7-15/h2-9,17,21H,10-12H2,1H3,(H,20,22). The van der Waals surface area contributed by atoms with E-state index in [1.807, 2.05) is 12.1 Å². The van der Waals surface area contributed by atoms with Crippen molar-refractivity contribution in [2.75, 3.05) is 6.54 Å². The summed E-state index contributed by atoms with van der Waals surface area (Å²) in [7, 11) is 0. The van der Waals surface area contributed by atoms with Gasteiger partial charge >= 0.3 is 0 Å². The molecule has 1 amide bonds. The summed E-state index contributed by atoms with van der Waals surface area (Å²) in [6, 6.07) is 15.0. The second-order valence-electron chi connectivity index (χ2n) is 5.30. The van der Waals surface area contributed by atoms with Crippen LogP contribution in [0.4, 0.5) is 0 Å². The van der Waals surface area contributed by atoms with Gasteiger partial charge in [-0.1, -0.05) is 48.0 Å². The maximum Gasteiger partial charge on any atom is 0.222 e. The molecule has 0 aliphatic heterocycles. The summed E-state index contributed by atoms with van der Waals surface area (Å²) in [6.45, 7) is 2.62. The molecule has 4 heteroatoms. The third kappa shape index (κ3) is 4.86. The van der Waals surface area contributed by atoms with Crippen LogP contribution in [-0.2, 0) is 11.2 Å². The third-order valence-corrected chi connectivity index (χ3v) is 3.86. The summed E-state index contributed by atoms with van der Waals surface area (Å²) in [5, 5.41) is 13.5. The average Bonchev–Trinajstić information content (AvgIpc) is 2.50. The van der Waals surface area contributed by atoms with Gasteiger partial charge in [-0.3, -0.25) is 4.79 Å². The van der Waals surface area contributed by atoms with Crippen LogP contribution < -0.4 is 5.32 Å². The van der Waals surface area contributed by atoms with Crippen LogP contribution in [0.15, 0.2) is 48.5 Å². The molecule has 2 aromatic carbocycles. The number of hydrogen-bond acceptors (Lipinski definition) is 2. The van der Waals surface area contributed by atoms with Crippen LogP contribution >= 0.6 is 11.6 Å². The van der Waals surface area contributed by atoms with E-state index in [0.717, 1.165) is 6.42 Å². The molecular formula is C18H20ClNO2. The van der Waals surface area contributed by atoms with Crippen molar-refractivity contribution in [2.24, 2.45) is 0 Å². The van der Waals surface area contributed by atoms with E-state index < -0.39 is 6.10 Å². The minimum absolute atomic E-state index is 0.0510. The molecule has 0 radical (unpaired) electrons. The molecule has 0 bridgehead atoms. The first-order chi connectivity index (χ1) is 10.6. The van der Waals surface area contributed by atoms with E-state index in [4.69, 9.17) is 11.6 Å². The lowest BCUT2D eigenvalue weighted by Gasteiger charge is -2.12. The van der Waals surface area contributed by atoms with Gasteiger partial charge < -0.3 is 10.4 Å². The van der Waals surface area contributed by atoms with Gasteiger partial charge in [-0.2, -0.15) is 0 Å². The van der Waals surface area contributed by atoms with E-state index in [2.05, 4.69) is 24.4 Å². The highest BCUT2D eigenvalue weighted by Crippen LogP contribution is 2.19. The summed E-state index contributed by atoms with van der Waals surface area (Å²) in [5.74, 6) is -0.156. The van der Waals surface area contributed by atoms with E-state index >= 15 is 0 Å². The molecule has 116 valence electrons. The first-order valence-electron chi connectivity index (χ1n) is 7.31. The minimum atomic E-state index is -0.810. The summed E-state index contributed by atoms with van der Waals surface area (Å²) in [4.78, 5) is 11.9. The Bertz CT molecular complexity index is 625. The zero-order valence-corrected chi connectivity index (χ0v) is 13.3. The van der Waals surface area contributed by atoms with E-state index in [-0.39, 0.29) is 12.3 Å². The Labute approximate surface area is 135 Å². The molecule has 0 aliphatic rings. The summed E-state index contributed by atoms with van der Waals surface area (Å²) in [6.07, 6.45) is 0.0286.